The third-order valence-corrected chi connectivity index (χ3v) is 2.29. The highest BCUT2D eigenvalue weighted by Gasteiger charge is 2.00. The van der Waals surface area contributed by atoms with Gasteiger partial charge in [0, 0.05) is 6.04 Å². The lowest BCUT2D eigenvalue weighted by atomic mass is 10.1. The number of hydrogen-bond donors (Lipinski definition) is 1. The van der Waals surface area contributed by atoms with Crippen LogP contribution in [0.4, 0.5) is 0 Å². The van der Waals surface area contributed by atoms with E-state index >= 15 is 0 Å². The van der Waals surface area contributed by atoms with Crippen LogP contribution in [0, 0.1) is 12.3 Å². The molecule has 0 aliphatic rings. The first kappa shape index (κ1) is 10.6. The van der Waals surface area contributed by atoms with Gasteiger partial charge in [-0.1, -0.05) is 18.1 Å². The van der Waals surface area contributed by atoms with Gasteiger partial charge in [0.15, 0.2) is 0 Å². The maximum absolute atomic E-state index is 5.73. The fourth-order valence-electron chi connectivity index (χ4n) is 0.588. The smallest absolute Gasteiger partial charge is 0.0544 e. The highest BCUT2D eigenvalue weighted by atomic mass is 32.2. The Balaban J connectivity index is 3.26. The molecule has 0 fully saturated rings. The van der Waals surface area contributed by atoms with Crippen molar-refractivity contribution >= 4 is 11.8 Å². The van der Waals surface area contributed by atoms with Crippen molar-refractivity contribution < 1.29 is 0 Å². The molecule has 0 rings (SSSR count). The molecule has 0 saturated carbocycles. The summed E-state index contributed by atoms with van der Waals surface area (Å²) in [7, 11) is 0. The van der Waals surface area contributed by atoms with Crippen LogP contribution in [-0.2, 0) is 0 Å². The van der Waals surface area contributed by atoms with E-state index in [4.69, 9.17) is 12.2 Å². The molecule has 2 heteroatoms. The molecular weight excluding hydrogens is 154 g/mol. The monoisotopic (exact) mass is 169 g/mol. The number of terminal acetylenes is 1. The first-order valence-electron chi connectivity index (χ1n) is 3.60. The molecule has 1 atom stereocenters. The van der Waals surface area contributed by atoms with E-state index in [1.54, 1.807) is 11.8 Å². The second-order valence-corrected chi connectivity index (χ2v) is 3.60. The summed E-state index contributed by atoms with van der Waals surface area (Å²) in [6, 6.07) is 0.139. The zero-order valence-electron chi connectivity index (χ0n) is 6.97. The Morgan fingerprint density at radius 2 is 2.45 bits per heavy atom. The molecule has 0 aliphatic carbocycles. The largest absolute Gasteiger partial charge is 0.324 e. The SMILES string of the molecule is C#CCSCCC(N)C(=C)C. The highest BCUT2D eigenvalue weighted by molar-refractivity contribution is 7.99. The summed E-state index contributed by atoms with van der Waals surface area (Å²) in [4.78, 5) is 0. The van der Waals surface area contributed by atoms with E-state index in [-0.39, 0.29) is 6.04 Å². The lowest BCUT2D eigenvalue weighted by Gasteiger charge is -2.09. The van der Waals surface area contributed by atoms with E-state index in [0.717, 1.165) is 23.5 Å². The fraction of sp³-hybridized carbons (Fsp3) is 0.556. The molecule has 0 heterocycles. The van der Waals surface area contributed by atoms with Crippen LogP contribution in [0.1, 0.15) is 13.3 Å². The van der Waals surface area contributed by atoms with Crippen molar-refractivity contribution in [1.82, 2.24) is 0 Å². The molecule has 0 aromatic carbocycles. The van der Waals surface area contributed by atoms with Gasteiger partial charge in [0.05, 0.1) is 5.75 Å². The predicted octanol–water partition coefficient (Wildman–Crippen LogP) is 1.65. The minimum Gasteiger partial charge on any atom is -0.324 e. The molecule has 2 N–H and O–H groups in total. The van der Waals surface area contributed by atoms with Crippen LogP contribution >= 0.6 is 11.8 Å². The van der Waals surface area contributed by atoms with E-state index in [1.165, 1.54) is 0 Å². The highest BCUT2D eigenvalue weighted by Crippen LogP contribution is 2.06. The molecule has 1 nitrogen and oxygen atoms in total. The lowest BCUT2D eigenvalue weighted by molar-refractivity contribution is 0.750. The minimum atomic E-state index is 0.139. The topological polar surface area (TPSA) is 26.0 Å². The molecule has 0 bridgehead atoms. The molecule has 0 saturated heterocycles. The summed E-state index contributed by atoms with van der Waals surface area (Å²) < 4.78 is 0. The molecule has 0 aromatic heterocycles. The summed E-state index contributed by atoms with van der Waals surface area (Å²) in [5.41, 5.74) is 6.78. The first-order valence-corrected chi connectivity index (χ1v) is 4.76. The quantitative estimate of drug-likeness (QED) is 0.385. The Morgan fingerprint density at radius 1 is 1.82 bits per heavy atom. The van der Waals surface area contributed by atoms with E-state index in [2.05, 4.69) is 12.5 Å². The van der Waals surface area contributed by atoms with E-state index < -0.39 is 0 Å². The Labute approximate surface area is 73.4 Å². The molecule has 0 radical (unpaired) electrons. The number of nitrogens with two attached hydrogens (primary N) is 1. The zero-order valence-corrected chi connectivity index (χ0v) is 7.79. The van der Waals surface area contributed by atoms with Crippen LogP contribution in [0.25, 0.3) is 0 Å². The number of thioether (sulfide) groups is 1. The second-order valence-electron chi connectivity index (χ2n) is 2.50. The Hall–Kier alpha value is -0.390. The molecule has 0 aliphatic heterocycles. The van der Waals surface area contributed by atoms with Crippen molar-refractivity contribution in [3.63, 3.8) is 0 Å². The van der Waals surface area contributed by atoms with Gasteiger partial charge in [-0.05, 0) is 19.1 Å². The van der Waals surface area contributed by atoms with Crippen LogP contribution in [0.15, 0.2) is 12.2 Å². The molecule has 1 unspecified atom stereocenters. The molecular formula is C9H15NS. The van der Waals surface area contributed by atoms with Gasteiger partial charge in [0.1, 0.15) is 0 Å². The maximum Gasteiger partial charge on any atom is 0.0544 e. The Morgan fingerprint density at radius 3 is 2.91 bits per heavy atom. The van der Waals surface area contributed by atoms with Gasteiger partial charge in [-0.25, -0.2) is 0 Å². The molecule has 0 spiro atoms. The van der Waals surface area contributed by atoms with Crippen LogP contribution < -0.4 is 5.73 Å². The van der Waals surface area contributed by atoms with Crippen LogP contribution in [0.5, 0.6) is 0 Å². The number of hydrogen-bond acceptors (Lipinski definition) is 2. The van der Waals surface area contributed by atoms with Gasteiger partial charge in [-0.15, -0.1) is 18.2 Å². The minimum absolute atomic E-state index is 0.139. The zero-order chi connectivity index (χ0) is 8.69. The average Bonchev–Trinajstić information content (AvgIpc) is 1.97. The Kier molecular flexibility index (Phi) is 6.10. The standard InChI is InChI=1S/C9H15NS/c1-4-6-11-7-5-9(10)8(2)3/h1,9H,2,5-7,10H2,3H3. The summed E-state index contributed by atoms with van der Waals surface area (Å²) in [6.07, 6.45) is 6.06. The van der Waals surface area contributed by atoms with E-state index in [9.17, 15) is 0 Å². The van der Waals surface area contributed by atoms with Gasteiger partial charge >= 0.3 is 0 Å². The lowest BCUT2D eigenvalue weighted by Crippen LogP contribution is -2.21. The van der Waals surface area contributed by atoms with Crippen molar-refractivity contribution in [2.24, 2.45) is 5.73 Å². The van der Waals surface area contributed by atoms with Crippen LogP contribution in [-0.4, -0.2) is 17.5 Å². The average molecular weight is 169 g/mol. The number of rotatable bonds is 5. The van der Waals surface area contributed by atoms with Crippen LogP contribution in [0.3, 0.4) is 0 Å². The predicted molar refractivity (Wildman–Crippen MR) is 53.6 cm³/mol. The first-order chi connectivity index (χ1) is 5.18. The van der Waals surface area contributed by atoms with Crippen molar-refractivity contribution in [1.29, 1.82) is 0 Å². The van der Waals surface area contributed by atoms with Crippen molar-refractivity contribution in [2.45, 2.75) is 19.4 Å². The molecule has 0 aromatic rings. The summed E-state index contributed by atoms with van der Waals surface area (Å²) in [5.74, 6) is 4.38. The van der Waals surface area contributed by atoms with Crippen molar-refractivity contribution in [3.05, 3.63) is 12.2 Å². The van der Waals surface area contributed by atoms with E-state index in [0.29, 0.717) is 0 Å². The Bertz CT molecular complexity index is 157. The summed E-state index contributed by atoms with van der Waals surface area (Å²) in [6.45, 7) is 5.73. The maximum atomic E-state index is 5.73. The normalized spacial score (nSPS) is 12.1. The van der Waals surface area contributed by atoms with Crippen LogP contribution in [0.2, 0.25) is 0 Å². The third-order valence-electron chi connectivity index (χ3n) is 1.39. The fourth-order valence-corrected chi connectivity index (χ4v) is 1.27. The third kappa shape index (κ3) is 6.03. The molecule has 0 amide bonds. The van der Waals surface area contributed by atoms with Crippen molar-refractivity contribution in [2.75, 3.05) is 11.5 Å². The molecule has 11 heavy (non-hydrogen) atoms. The van der Waals surface area contributed by atoms with Gasteiger partial charge in [0.2, 0.25) is 0 Å². The summed E-state index contributed by atoms with van der Waals surface area (Å²) >= 11 is 1.74. The van der Waals surface area contributed by atoms with Gasteiger partial charge in [-0.3, -0.25) is 0 Å². The summed E-state index contributed by atoms with van der Waals surface area (Å²) in [5, 5.41) is 0. The van der Waals surface area contributed by atoms with Crippen molar-refractivity contribution in [3.8, 4) is 12.3 Å². The van der Waals surface area contributed by atoms with Gasteiger partial charge in [0.25, 0.3) is 0 Å². The van der Waals surface area contributed by atoms with E-state index in [1.807, 2.05) is 6.92 Å². The molecule has 62 valence electrons. The van der Waals surface area contributed by atoms with Gasteiger partial charge in [-0.2, -0.15) is 0 Å². The second kappa shape index (κ2) is 6.33. The van der Waals surface area contributed by atoms with Gasteiger partial charge < -0.3 is 5.73 Å².